The average Bonchev–Trinajstić information content (AvgIpc) is 2.86. The van der Waals surface area contributed by atoms with Crippen LogP contribution in [0.25, 0.3) is 0 Å². The topological polar surface area (TPSA) is 89.1 Å². The molecule has 0 aliphatic carbocycles. The molecular formula is C14H20N6OS. The number of nitrogen functional groups attached to an aromatic ring is 1. The molecule has 0 aliphatic heterocycles. The fraction of sp³-hybridized carbons (Fsp3) is 0.357. The number of nitrogens with zero attached hydrogens (tertiary/aromatic N) is 4. The second-order valence-electron chi connectivity index (χ2n) is 4.90. The van der Waals surface area contributed by atoms with E-state index in [9.17, 15) is 4.79 Å². The van der Waals surface area contributed by atoms with Gasteiger partial charge in [-0.2, -0.15) is 0 Å². The lowest BCUT2D eigenvalue weighted by atomic mass is 10.2. The number of aromatic nitrogens is 3. The third-order valence-corrected chi connectivity index (χ3v) is 3.99. The summed E-state index contributed by atoms with van der Waals surface area (Å²) in [5.74, 6) is 6.65. The lowest BCUT2D eigenvalue weighted by molar-refractivity contribution is -0.113. The van der Waals surface area contributed by atoms with Crippen molar-refractivity contribution in [2.75, 3.05) is 35.9 Å². The van der Waals surface area contributed by atoms with E-state index in [4.69, 9.17) is 5.84 Å². The van der Waals surface area contributed by atoms with Crippen molar-refractivity contribution in [1.29, 1.82) is 0 Å². The Morgan fingerprint density at radius 1 is 1.32 bits per heavy atom. The zero-order valence-electron chi connectivity index (χ0n) is 12.9. The van der Waals surface area contributed by atoms with Crippen LogP contribution >= 0.6 is 11.8 Å². The highest BCUT2D eigenvalue weighted by Crippen LogP contribution is 2.18. The molecule has 0 saturated carbocycles. The first-order valence-electron chi connectivity index (χ1n) is 6.90. The number of anilines is 2. The van der Waals surface area contributed by atoms with Crippen LogP contribution in [0.3, 0.4) is 0 Å². The number of thioether (sulfide) groups is 1. The molecule has 3 N–H and O–H groups in total. The predicted octanol–water partition coefficient (Wildman–Crippen LogP) is 1.35. The van der Waals surface area contributed by atoms with Crippen LogP contribution in [0.1, 0.15) is 12.7 Å². The zero-order chi connectivity index (χ0) is 16.1. The van der Waals surface area contributed by atoms with Gasteiger partial charge in [-0.15, -0.1) is 10.2 Å². The minimum Gasteiger partial charge on any atom is -0.378 e. The number of aryl methyl sites for hydroxylation is 1. The van der Waals surface area contributed by atoms with E-state index in [1.165, 1.54) is 16.4 Å². The third-order valence-electron chi connectivity index (χ3n) is 3.05. The minimum atomic E-state index is -0.108. The molecule has 1 aromatic heterocycles. The molecule has 0 bridgehead atoms. The van der Waals surface area contributed by atoms with Crippen LogP contribution in [-0.2, 0) is 11.2 Å². The van der Waals surface area contributed by atoms with Crippen molar-refractivity contribution in [2.45, 2.75) is 18.5 Å². The molecule has 8 heteroatoms. The largest absolute Gasteiger partial charge is 0.378 e. The smallest absolute Gasteiger partial charge is 0.234 e. The van der Waals surface area contributed by atoms with Gasteiger partial charge in [-0.05, 0) is 24.3 Å². The van der Waals surface area contributed by atoms with Crippen molar-refractivity contribution in [1.82, 2.24) is 14.9 Å². The molecule has 0 spiro atoms. The Bertz CT molecular complexity index is 637. The number of rotatable bonds is 6. The molecule has 118 valence electrons. The summed E-state index contributed by atoms with van der Waals surface area (Å²) in [6, 6.07) is 7.65. The van der Waals surface area contributed by atoms with Crippen molar-refractivity contribution in [2.24, 2.45) is 0 Å². The summed E-state index contributed by atoms with van der Waals surface area (Å²) in [5, 5.41) is 11.3. The molecule has 7 nitrogen and oxygen atoms in total. The Labute approximate surface area is 133 Å². The molecule has 0 atom stereocenters. The first-order valence-corrected chi connectivity index (χ1v) is 7.89. The quantitative estimate of drug-likeness (QED) is 0.617. The van der Waals surface area contributed by atoms with Crippen molar-refractivity contribution < 1.29 is 4.79 Å². The zero-order valence-corrected chi connectivity index (χ0v) is 13.7. The first-order chi connectivity index (χ1) is 10.5. The highest BCUT2D eigenvalue weighted by atomic mass is 32.2. The molecule has 1 heterocycles. The molecule has 0 unspecified atom stereocenters. The summed E-state index contributed by atoms with van der Waals surface area (Å²) in [7, 11) is 3.94. The van der Waals surface area contributed by atoms with Crippen LogP contribution in [0, 0.1) is 0 Å². The Kier molecular flexibility index (Phi) is 5.26. The Balaban J connectivity index is 1.88. The molecule has 1 aromatic carbocycles. The standard InChI is InChI=1S/C14H20N6OS/c1-4-12-17-18-14(20(12)15)22-9-13(21)16-10-5-7-11(8-6-10)19(2)3/h5-8H,4,9,15H2,1-3H3,(H,16,21). The molecule has 1 amide bonds. The van der Waals surface area contributed by atoms with Crippen LogP contribution in [0.4, 0.5) is 11.4 Å². The Hall–Kier alpha value is -2.22. The summed E-state index contributed by atoms with van der Waals surface area (Å²) >= 11 is 1.26. The number of nitrogens with two attached hydrogens (primary N) is 1. The van der Waals surface area contributed by atoms with Crippen LogP contribution in [0.2, 0.25) is 0 Å². The van der Waals surface area contributed by atoms with Crippen LogP contribution in [0.5, 0.6) is 0 Å². The van der Waals surface area contributed by atoms with Crippen molar-refractivity contribution >= 4 is 29.0 Å². The van der Waals surface area contributed by atoms with Crippen molar-refractivity contribution in [3.8, 4) is 0 Å². The molecule has 2 aromatic rings. The van der Waals surface area contributed by atoms with Crippen molar-refractivity contribution in [3.05, 3.63) is 30.1 Å². The second kappa shape index (κ2) is 7.17. The van der Waals surface area contributed by atoms with Crippen LogP contribution in [-0.4, -0.2) is 40.6 Å². The van der Waals surface area contributed by atoms with Gasteiger partial charge in [0.1, 0.15) is 0 Å². The Morgan fingerprint density at radius 2 is 2.00 bits per heavy atom. The van der Waals surface area contributed by atoms with Gasteiger partial charge in [0, 0.05) is 31.9 Å². The number of hydrogen-bond acceptors (Lipinski definition) is 6. The van der Waals surface area contributed by atoms with Gasteiger partial charge in [0.25, 0.3) is 0 Å². The van der Waals surface area contributed by atoms with E-state index in [0.29, 0.717) is 17.4 Å². The van der Waals surface area contributed by atoms with E-state index in [2.05, 4.69) is 15.5 Å². The number of amides is 1. The Morgan fingerprint density at radius 3 is 2.55 bits per heavy atom. The number of hydrogen-bond donors (Lipinski definition) is 2. The van der Waals surface area contributed by atoms with E-state index < -0.39 is 0 Å². The van der Waals surface area contributed by atoms with Gasteiger partial charge >= 0.3 is 0 Å². The van der Waals surface area contributed by atoms with Crippen LogP contribution in [0.15, 0.2) is 29.4 Å². The van der Waals surface area contributed by atoms with Gasteiger partial charge in [-0.3, -0.25) is 4.79 Å². The van der Waals surface area contributed by atoms with Gasteiger partial charge in [0.2, 0.25) is 11.1 Å². The van der Waals surface area contributed by atoms with Gasteiger partial charge in [-0.25, -0.2) is 4.68 Å². The maximum absolute atomic E-state index is 12.0. The fourth-order valence-electron chi connectivity index (χ4n) is 1.82. The molecule has 0 fully saturated rings. The van der Waals surface area contributed by atoms with Crippen molar-refractivity contribution in [3.63, 3.8) is 0 Å². The normalized spacial score (nSPS) is 10.5. The second-order valence-corrected chi connectivity index (χ2v) is 5.84. The maximum atomic E-state index is 12.0. The molecular weight excluding hydrogens is 300 g/mol. The average molecular weight is 320 g/mol. The third kappa shape index (κ3) is 3.91. The number of carbonyl (C=O) groups is 1. The SMILES string of the molecule is CCc1nnc(SCC(=O)Nc2ccc(N(C)C)cc2)n1N. The maximum Gasteiger partial charge on any atom is 0.234 e. The summed E-state index contributed by atoms with van der Waals surface area (Å²) in [5.41, 5.74) is 1.84. The lowest BCUT2D eigenvalue weighted by Gasteiger charge is -2.13. The highest BCUT2D eigenvalue weighted by Gasteiger charge is 2.11. The van der Waals surface area contributed by atoms with E-state index in [-0.39, 0.29) is 11.7 Å². The number of carbonyl (C=O) groups excluding carboxylic acids is 1. The first kappa shape index (κ1) is 16.2. The number of nitrogens with one attached hydrogen (secondary N) is 1. The summed E-state index contributed by atoms with van der Waals surface area (Å²) in [6.07, 6.45) is 0.703. The van der Waals surface area contributed by atoms with E-state index in [1.807, 2.05) is 50.2 Å². The van der Waals surface area contributed by atoms with Gasteiger partial charge in [0.05, 0.1) is 5.75 Å². The lowest BCUT2D eigenvalue weighted by Crippen LogP contribution is -2.17. The highest BCUT2D eigenvalue weighted by molar-refractivity contribution is 7.99. The number of benzene rings is 1. The van der Waals surface area contributed by atoms with E-state index >= 15 is 0 Å². The minimum absolute atomic E-state index is 0.108. The van der Waals surface area contributed by atoms with Crippen LogP contribution < -0.4 is 16.1 Å². The van der Waals surface area contributed by atoms with E-state index in [0.717, 1.165) is 11.4 Å². The molecule has 2 rings (SSSR count). The van der Waals surface area contributed by atoms with Gasteiger partial charge in [-0.1, -0.05) is 18.7 Å². The van der Waals surface area contributed by atoms with Gasteiger partial charge < -0.3 is 16.1 Å². The summed E-state index contributed by atoms with van der Waals surface area (Å²) in [6.45, 7) is 1.95. The molecule has 0 saturated heterocycles. The molecule has 22 heavy (non-hydrogen) atoms. The fourth-order valence-corrected chi connectivity index (χ4v) is 2.49. The monoisotopic (exact) mass is 320 g/mol. The predicted molar refractivity (Wildman–Crippen MR) is 89.7 cm³/mol. The molecule has 0 aliphatic rings. The summed E-state index contributed by atoms with van der Waals surface area (Å²) in [4.78, 5) is 14.0. The van der Waals surface area contributed by atoms with E-state index in [1.54, 1.807) is 0 Å². The molecule has 0 radical (unpaired) electrons. The summed E-state index contributed by atoms with van der Waals surface area (Å²) < 4.78 is 1.42. The van der Waals surface area contributed by atoms with Gasteiger partial charge in [0.15, 0.2) is 5.82 Å².